The number of ether oxygens (including phenoxy) is 1. The normalized spacial score (nSPS) is 15.4. The van der Waals surface area contributed by atoms with E-state index in [2.05, 4.69) is 10.1 Å². The number of benzene rings is 2. The lowest BCUT2D eigenvalue weighted by Gasteiger charge is -2.20. The Hall–Kier alpha value is -4.26. The van der Waals surface area contributed by atoms with Gasteiger partial charge in [-0.15, -0.1) is 0 Å². The molecule has 2 aromatic heterocycles. The summed E-state index contributed by atoms with van der Waals surface area (Å²) in [7, 11) is 1.64. The van der Waals surface area contributed by atoms with Gasteiger partial charge in [0.15, 0.2) is 0 Å². The Morgan fingerprint density at radius 3 is 2.45 bits per heavy atom. The SMILES string of the molecule is COc1ccc(-c2nn(-c3ccccc3)cc2C2CC(c3cccnc3)=NN2C(C)=O)cc1. The van der Waals surface area contributed by atoms with Crippen molar-refractivity contribution in [2.75, 3.05) is 7.11 Å². The lowest BCUT2D eigenvalue weighted by atomic mass is 9.97. The molecule has 4 aromatic rings. The lowest BCUT2D eigenvalue weighted by molar-refractivity contribution is -0.130. The Balaban J connectivity index is 1.61. The van der Waals surface area contributed by atoms with Crippen molar-refractivity contribution >= 4 is 11.6 Å². The molecule has 0 fully saturated rings. The molecule has 0 saturated heterocycles. The summed E-state index contributed by atoms with van der Waals surface area (Å²) in [6.07, 6.45) is 6.08. The second kappa shape index (κ2) is 8.70. The molecule has 1 amide bonds. The van der Waals surface area contributed by atoms with E-state index >= 15 is 0 Å². The third-order valence-corrected chi connectivity index (χ3v) is 5.71. The van der Waals surface area contributed by atoms with E-state index in [-0.39, 0.29) is 11.9 Å². The Bertz CT molecular complexity index is 1300. The first-order chi connectivity index (χ1) is 16.1. The number of amides is 1. The van der Waals surface area contributed by atoms with E-state index in [4.69, 9.17) is 9.84 Å². The molecule has 0 radical (unpaired) electrons. The number of hydrazone groups is 1. The zero-order valence-electron chi connectivity index (χ0n) is 18.4. The van der Waals surface area contributed by atoms with Crippen molar-refractivity contribution < 1.29 is 9.53 Å². The van der Waals surface area contributed by atoms with Gasteiger partial charge in [0.2, 0.25) is 5.91 Å². The summed E-state index contributed by atoms with van der Waals surface area (Å²) in [5.74, 6) is 0.656. The van der Waals surface area contributed by atoms with Crippen LogP contribution in [-0.2, 0) is 4.79 Å². The number of rotatable bonds is 5. The molecule has 164 valence electrons. The Kier molecular flexibility index (Phi) is 5.44. The fraction of sp³-hybridized carbons (Fsp3) is 0.154. The van der Waals surface area contributed by atoms with Crippen LogP contribution >= 0.6 is 0 Å². The summed E-state index contributed by atoms with van der Waals surface area (Å²) >= 11 is 0. The van der Waals surface area contributed by atoms with E-state index in [0.717, 1.165) is 39.5 Å². The van der Waals surface area contributed by atoms with Gasteiger partial charge >= 0.3 is 0 Å². The van der Waals surface area contributed by atoms with Gasteiger partial charge in [0.25, 0.3) is 0 Å². The van der Waals surface area contributed by atoms with Gasteiger partial charge in [-0.2, -0.15) is 10.2 Å². The third kappa shape index (κ3) is 4.01. The number of hydrogen-bond donors (Lipinski definition) is 0. The maximum absolute atomic E-state index is 12.6. The zero-order valence-corrected chi connectivity index (χ0v) is 18.4. The number of carbonyl (C=O) groups excluding carboxylic acids is 1. The number of hydrogen-bond acceptors (Lipinski definition) is 5. The Morgan fingerprint density at radius 2 is 1.79 bits per heavy atom. The number of pyridine rings is 1. The van der Waals surface area contributed by atoms with Crippen molar-refractivity contribution in [2.24, 2.45) is 5.10 Å². The van der Waals surface area contributed by atoms with E-state index < -0.39 is 0 Å². The van der Waals surface area contributed by atoms with E-state index in [1.165, 1.54) is 6.92 Å². The van der Waals surface area contributed by atoms with Gasteiger partial charge < -0.3 is 4.74 Å². The molecular formula is C26H23N5O2. The first-order valence-corrected chi connectivity index (χ1v) is 10.7. The molecule has 3 heterocycles. The maximum atomic E-state index is 12.6. The second-order valence-electron chi connectivity index (χ2n) is 7.81. The van der Waals surface area contributed by atoms with Crippen molar-refractivity contribution in [3.8, 4) is 22.7 Å². The summed E-state index contributed by atoms with van der Waals surface area (Å²) < 4.78 is 7.17. The van der Waals surface area contributed by atoms with Crippen LogP contribution in [-0.4, -0.2) is 38.5 Å². The van der Waals surface area contributed by atoms with Crippen LogP contribution in [0.25, 0.3) is 16.9 Å². The van der Waals surface area contributed by atoms with Crippen molar-refractivity contribution in [2.45, 2.75) is 19.4 Å². The van der Waals surface area contributed by atoms with Gasteiger partial charge in [-0.05, 0) is 42.5 Å². The quantitative estimate of drug-likeness (QED) is 0.456. The van der Waals surface area contributed by atoms with Crippen LogP contribution in [0.4, 0.5) is 0 Å². The minimum absolute atomic E-state index is 0.118. The number of nitrogens with zero attached hydrogens (tertiary/aromatic N) is 5. The van der Waals surface area contributed by atoms with Gasteiger partial charge in [0, 0.05) is 48.6 Å². The monoisotopic (exact) mass is 437 g/mol. The lowest BCUT2D eigenvalue weighted by Crippen LogP contribution is -2.24. The van der Waals surface area contributed by atoms with Crippen LogP contribution in [0, 0.1) is 0 Å². The maximum Gasteiger partial charge on any atom is 0.240 e. The number of methoxy groups -OCH3 is 1. The van der Waals surface area contributed by atoms with Crippen molar-refractivity contribution in [3.05, 3.63) is 96.4 Å². The first kappa shape index (κ1) is 20.6. The standard InChI is InChI=1S/C26H23N5O2/c1-18(32)31-25(15-24(28-31)20-7-6-14-27-16-20)23-17-30(21-8-4-3-5-9-21)29-26(23)19-10-12-22(33-2)13-11-19/h3-14,16-17,25H,15H2,1-2H3. The van der Waals surface area contributed by atoms with Gasteiger partial charge in [-0.25, -0.2) is 9.69 Å². The molecule has 0 aliphatic carbocycles. The topological polar surface area (TPSA) is 72.6 Å². The van der Waals surface area contributed by atoms with Crippen LogP contribution in [0.5, 0.6) is 5.75 Å². The highest BCUT2D eigenvalue weighted by atomic mass is 16.5. The van der Waals surface area contributed by atoms with Crippen LogP contribution in [0.2, 0.25) is 0 Å². The molecular weight excluding hydrogens is 414 g/mol. The molecule has 0 N–H and O–H groups in total. The minimum atomic E-state index is -0.271. The summed E-state index contributed by atoms with van der Waals surface area (Å²) in [5, 5.41) is 11.1. The van der Waals surface area contributed by atoms with Crippen molar-refractivity contribution in [1.29, 1.82) is 0 Å². The van der Waals surface area contributed by atoms with Gasteiger partial charge in [-0.1, -0.05) is 24.3 Å². The Morgan fingerprint density at radius 1 is 1.00 bits per heavy atom. The molecule has 33 heavy (non-hydrogen) atoms. The average molecular weight is 438 g/mol. The molecule has 0 bridgehead atoms. The van der Waals surface area contributed by atoms with Crippen molar-refractivity contribution in [1.82, 2.24) is 19.8 Å². The number of aromatic nitrogens is 3. The highest BCUT2D eigenvalue weighted by Crippen LogP contribution is 2.38. The highest BCUT2D eigenvalue weighted by molar-refractivity contribution is 6.03. The van der Waals surface area contributed by atoms with Crippen LogP contribution in [0.3, 0.4) is 0 Å². The fourth-order valence-electron chi connectivity index (χ4n) is 4.07. The molecule has 0 saturated carbocycles. The average Bonchev–Trinajstić information content (AvgIpc) is 3.50. The third-order valence-electron chi connectivity index (χ3n) is 5.71. The summed E-state index contributed by atoms with van der Waals surface area (Å²) in [6.45, 7) is 1.54. The molecule has 1 aliphatic rings. The molecule has 1 atom stereocenters. The molecule has 1 aliphatic heterocycles. The largest absolute Gasteiger partial charge is 0.497 e. The first-order valence-electron chi connectivity index (χ1n) is 10.7. The zero-order chi connectivity index (χ0) is 22.8. The second-order valence-corrected chi connectivity index (χ2v) is 7.81. The predicted molar refractivity (Wildman–Crippen MR) is 126 cm³/mol. The minimum Gasteiger partial charge on any atom is -0.497 e. The van der Waals surface area contributed by atoms with E-state index in [1.54, 1.807) is 24.5 Å². The fourth-order valence-corrected chi connectivity index (χ4v) is 4.07. The summed E-state index contributed by atoms with van der Waals surface area (Å²) in [5.41, 5.74) is 5.37. The molecule has 1 unspecified atom stereocenters. The van der Waals surface area contributed by atoms with Crippen LogP contribution in [0.15, 0.2) is 90.4 Å². The molecule has 7 nitrogen and oxygen atoms in total. The van der Waals surface area contributed by atoms with E-state index in [9.17, 15) is 4.79 Å². The van der Waals surface area contributed by atoms with Crippen molar-refractivity contribution in [3.63, 3.8) is 0 Å². The Labute approximate surface area is 192 Å². The molecule has 5 rings (SSSR count). The van der Waals surface area contributed by atoms with Crippen LogP contribution in [0.1, 0.15) is 30.5 Å². The smallest absolute Gasteiger partial charge is 0.240 e. The summed E-state index contributed by atoms with van der Waals surface area (Å²) in [6, 6.07) is 21.3. The summed E-state index contributed by atoms with van der Waals surface area (Å²) in [4.78, 5) is 16.8. The predicted octanol–water partition coefficient (Wildman–Crippen LogP) is 4.64. The van der Waals surface area contributed by atoms with Gasteiger partial charge in [0.1, 0.15) is 5.75 Å². The van der Waals surface area contributed by atoms with E-state index in [1.807, 2.05) is 77.6 Å². The van der Waals surface area contributed by atoms with Gasteiger partial charge in [0.05, 0.1) is 30.2 Å². The number of carbonyl (C=O) groups is 1. The molecule has 7 heteroatoms. The highest BCUT2D eigenvalue weighted by Gasteiger charge is 2.34. The van der Waals surface area contributed by atoms with E-state index in [0.29, 0.717) is 6.42 Å². The van der Waals surface area contributed by atoms with Gasteiger partial charge in [-0.3, -0.25) is 9.78 Å². The van der Waals surface area contributed by atoms with Crippen LogP contribution < -0.4 is 4.74 Å². The number of para-hydroxylation sites is 1. The molecule has 0 spiro atoms. The molecule has 2 aromatic carbocycles.